The number of anilines is 1. The molecule has 2 N–H and O–H groups in total. The van der Waals surface area contributed by atoms with Crippen molar-refractivity contribution in [3.8, 4) is 0 Å². The minimum atomic E-state index is 0.861. The van der Waals surface area contributed by atoms with Gasteiger partial charge >= 0.3 is 0 Å². The van der Waals surface area contributed by atoms with Crippen LogP contribution in [0.4, 0.5) is 5.69 Å². The second-order valence-electron chi connectivity index (χ2n) is 6.09. The molecule has 0 saturated carbocycles. The lowest BCUT2D eigenvalue weighted by Crippen LogP contribution is -1.92. The smallest absolute Gasteiger partial charge is 0.0400 e. The van der Waals surface area contributed by atoms with Crippen LogP contribution in [0.25, 0.3) is 43.1 Å². The molecule has 0 fully saturated rings. The van der Waals surface area contributed by atoms with E-state index in [0.717, 1.165) is 5.69 Å². The van der Waals surface area contributed by atoms with Crippen molar-refractivity contribution in [3.63, 3.8) is 0 Å². The van der Waals surface area contributed by atoms with Gasteiger partial charge in [-0.15, -0.1) is 0 Å². The summed E-state index contributed by atoms with van der Waals surface area (Å²) in [6, 6.07) is 21.7. The molecule has 0 heterocycles. The van der Waals surface area contributed by atoms with Crippen LogP contribution in [-0.2, 0) is 0 Å². The Bertz CT molecular complexity index is 1180. The fraction of sp³-hybridized carbons (Fsp3) is 0.0476. The monoisotopic (exact) mass is 281 g/mol. The molecule has 5 aromatic rings. The van der Waals surface area contributed by atoms with Gasteiger partial charge in [0.15, 0.2) is 0 Å². The summed E-state index contributed by atoms with van der Waals surface area (Å²) in [4.78, 5) is 0. The molecule has 1 heteroatoms. The molecule has 0 aliphatic heterocycles. The lowest BCUT2D eigenvalue weighted by atomic mass is 9.88. The minimum absolute atomic E-state index is 0.861. The van der Waals surface area contributed by atoms with Gasteiger partial charge in [0.2, 0.25) is 0 Å². The van der Waals surface area contributed by atoms with Gasteiger partial charge in [0.1, 0.15) is 0 Å². The Morgan fingerprint density at radius 1 is 0.591 bits per heavy atom. The second kappa shape index (κ2) is 3.89. The van der Waals surface area contributed by atoms with Crippen molar-refractivity contribution < 1.29 is 0 Å². The Balaban J connectivity index is 2.31. The maximum Gasteiger partial charge on any atom is 0.0400 e. The molecule has 104 valence electrons. The summed E-state index contributed by atoms with van der Waals surface area (Å²) in [5.74, 6) is 0. The molecule has 0 aliphatic rings. The summed E-state index contributed by atoms with van der Waals surface area (Å²) in [7, 11) is 0. The number of fused-ring (bicyclic) bond motifs is 2. The number of rotatable bonds is 0. The highest BCUT2D eigenvalue weighted by Gasteiger charge is 2.14. The van der Waals surface area contributed by atoms with Gasteiger partial charge in [-0.25, -0.2) is 0 Å². The average Bonchev–Trinajstić information content (AvgIpc) is 2.55. The lowest BCUT2D eigenvalue weighted by molar-refractivity contribution is 1.55. The number of benzene rings is 5. The van der Waals surface area contributed by atoms with E-state index in [4.69, 9.17) is 5.73 Å². The predicted molar refractivity (Wildman–Crippen MR) is 96.8 cm³/mol. The molecular formula is C21H15N. The van der Waals surface area contributed by atoms with Crippen LogP contribution in [0.1, 0.15) is 5.56 Å². The van der Waals surface area contributed by atoms with E-state index in [9.17, 15) is 0 Å². The zero-order valence-corrected chi connectivity index (χ0v) is 12.4. The summed E-state index contributed by atoms with van der Waals surface area (Å²) in [6.07, 6.45) is 0. The third-order valence-electron chi connectivity index (χ3n) is 4.90. The van der Waals surface area contributed by atoms with Gasteiger partial charge in [0.05, 0.1) is 0 Å². The van der Waals surface area contributed by atoms with Crippen molar-refractivity contribution in [2.45, 2.75) is 6.92 Å². The highest BCUT2D eigenvalue weighted by Crippen LogP contribution is 2.42. The molecule has 0 radical (unpaired) electrons. The van der Waals surface area contributed by atoms with Crippen molar-refractivity contribution >= 4 is 48.8 Å². The number of nitrogen functional groups attached to an aromatic ring is 1. The van der Waals surface area contributed by atoms with Crippen LogP contribution < -0.4 is 5.73 Å². The summed E-state index contributed by atoms with van der Waals surface area (Å²) >= 11 is 0. The van der Waals surface area contributed by atoms with E-state index in [1.165, 1.54) is 48.7 Å². The van der Waals surface area contributed by atoms with E-state index in [2.05, 4.69) is 61.5 Å². The second-order valence-corrected chi connectivity index (χ2v) is 6.09. The highest BCUT2D eigenvalue weighted by molar-refractivity contribution is 6.35. The van der Waals surface area contributed by atoms with Crippen molar-refractivity contribution in [2.75, 3.05) is 5.73 Å². The largest absolute Gasteiger partial charge is 0.398 e. The van der Waals surface area contributed by atoms with Crippen molar-refractivity contribution in [3.05, 3.63) is 66.2 Å². The number of aryl methyl sites for hydroxylation is 1. The Hall–Kier alpha value is -2.80. The van der Waals surface area contributed by atoms with Crippen LogP contribution in [0.2, 0.25) is 0 Å². The molecule has 1 nitrogen and oxygen atoms in total. The Kier molecular flexibility index (Phi) is 2.09. The topological polar surface area (TPSA) is 26.0 Å². The number of nitrogens with two attached hydrogens (primary N) is 1. The summed E-state index contributed by atoms with van der Waals surface area (Å²) in [6.45, 7) is 2.17. The molecule has 0 saturated heterocycles. The zero-order valence-electron chi connectivity index (χ0n) is 12.4. The predicted octanol–water partition coefficient (Wildman–Crippen LogP) is 5.63. The molecule has 0 amide bonds. The van der Waals surface area contributed by atoms with Gasteiger partial charge in [0, 0.05) is 11.1 Å². The van der Waals surface area contributed by atoms with Crippen LogP contribution in [0, 0.1) is 6.92 Å². The highest BCUT2D eigenvalue weighted by atomic mass is 14.6. The van der Waals surface area contributed by atoms with Gasteiger partial charge in [-0.05, 0) is 56.3 Å². The first-order valence-electron chi connectivity index (χ1n) is 7.60. The van der Waals surface area contributed by atoms with Gasteiger partial charge < -0.3 is 5.73 Å². The zero-order chi connectivity index (χ0) is 14.8. The average molecular weight is 281 g/mol. The van der Waals surface area contributed by atoms with Crippen LogP contribution in [-0.4, -0.2) is 0 Å². The van der Waals surface area contributed by atoms with Gasteiger partial charge in [-0.1, -0.05) is 54.6 Å². The quantitative estimate of drug-likeness (QED) is 0.222. The molecule has 5 rings (SSSR count). The Morgan fingerprint density at radius 2 is 1.32 bits per heavy atom. The van der Waals surface area contributed by atoms with E-state index in [1.807, 2.05) is 6.07 Å². The van der Waals surface area contributed by atoms with E-state index in [1.54, 1.807) is 0 Å². The van der Waals surface area contributed by atoms with Crippen molar-refractivity contribution in [1.82, 2.24) is 0 Å². The van der Waals surface area contributed by atoms with Gasteiger partial charge in [0.25, 0.3) is 0 Å². The van der Waals surface area contributed by atoms with E-state index in [-0.39, 0.29) is 0 Å². The molecule has 0 atom stereocenters. The Labute approximate surface area is 128 Å². The van der Waals surface area contributed by atoms with Crippen LogP contribution >= 0.6 is 0 Å². The maximum absolute atomic E-state index is 6.37. The number of hydrogen-bond acceptors (Lipinski definition) is 1. The molecule has 0 spiro atoms. The van der Waals surface area contributed by atoms with E-state index < -0.39 is 0 Å². The first-order chi connectivity index (χ1) is 10.8. The summed E-state index contributed by atoms with van der Waals surface area (Å²) < 4.78 is 0. The maximum atomic E-state index is 6.37. The van der Waals surface area contributed by atoms with Crippen LogP contribution in [0.3, 0.4) is 0 Å². The summed E-state index contributed by atoms with van der Waals surface area (Å²) in [5, 5.41) is 10.3. The van der Waals surface area contributed by atoms with Crippen LogP contribution in [0.15, 0.2) is 60.7 Å². The molecule has 22 heavy (non-hydrogen) atoms. The molecular weight excluding hydrogens is 266 g/mol. The van der Waals surface area contributed by atoms with E-state index in [0.29, 0.717) is 0 Å². The first-order valence-corrected chi connectivity index (χ1v) is 7.60. The lowest BCUT2D eigenvalue weighted by Gasteiger charge is -2.16. The van der Waals surface area contributed by atoms with E-state index >= 15 is 0 Å². The van der Waals surface area contributed by atoms with Crippen molar-refractivity contribution in [2.24, 2.45) is 0 Å². The molecule has 0 aliphatic carbocycles. The van der Waals surface area contributed by atoms with Crippen LogP contribution in [0.5, 0.6) is 0 Å². The van der Waals surface area contributed by atoms with Gasteiger partial charge in [-0.3, -0.25) is 0 Å². The fourth-order valence-electron chi connectivity index (χ4n) is 3.90. The third kappa shape index (κ3) is 1.29. The fourth-order valence-corrected chi connectivity index (χ4v) is 3.90. The molecule has 5 aromatic carbocycles. The minimum Gasteiger partial charge on any atom is -0.398 e. The molecule has 0 aromatic heterocycles. The Morgan fingerprint density at radius 3 is 2.23 bits per heavy atom. The normalized spacial score (nSPS) is 12.0. The molecule has 0 unspecified atom stereocenters. The molecule has 0 bridgehead atoms. The standard InChI is InChI=1S/C21H15N/c1-12-8-10-16-15-6-2-4-13-9-11-18(22)21(19(13)15)17-7-3-5-14(12)20(16)17/h2-11H,22H2,1H3. The van der Waals surface area contributed by atoms with Gasteiger partial charge in [-0.2, -0.15) is 0 Å². The number of hydrogen-bond donors (Lipinski definition) is 1. The van der Waals surface area contributed by atoms with Crippen molar-refractivity contribution in [1.29, 1.82) is 0 Å². The first kappa shape index (κ1) is 11.8. The third-order valence-corrected chi connectivity index (χ3v) is 4.90. The summed E-state index contributed by atoms with van der Waals surface area (Å²) in [5.41, 5.74) is 8.54. The SMILES string of the molecule is Cc1ccc2c3cccc4ccc(N)c(c5cccc1c25)c43.